The van der Waals surface area contributed by atoms with E-state index in [9.17, 15) is 18.0 Å². The zero-order valence-electron chi connectivity index (χ0n) is 19.5. The van der Waals surface area contributed by atoms with Crippen LogP contribution in [0.15, 0.2) is 30.0 Å². The molecule has 1 aromatic heterocycles. The van der Waals surface area contributed by atoms with E-state index in [1.54, 1.807) is 12.2 Å². The molecule has 0 aliphatic carbocycles. The van der Waals surface area contributed by atoms with Crippen LogP contribution in [-0.4, -0.2) is 67.8 Å². The standard InChI is InChI=1S/C23H34N4O4S/c1-6-27(7-2)14-13-25-23(29)21-16(3)20(26-17(21)4)15-18-10-11-19(32(5,30)31)9-8-12-24-22(18)28/h8,10-12,15,19,26H,6-7,9,13-14H2,1-5H3,(H,24,28)(H,25,29). The van der Waals surface area contributed by atoms with Gasteiger partial charge in [0.25, 0.3) is 11.8 Å². The van der Waals surface area contributed by atoms with Gasteiger partial charge in [-0.15, -0.1) is 0 Å². The van der Waals surface area contributed by atoms with Crippen LogP contribution in [0.25, 0.3) is 6.08 Å². The van der Waals surface area contributed by atoms with E-state index < -0.39 is 15.1 Å². The largest absolute Gasteiger partial charge is 0.358 e. The number of carbonyl (C=O) groups is 2. The molecule has 1 atom stereocenters. The molecular formula is C23H34N4O4S. The van der Waals surface area contributed by atoms with Gasteiger partial charge in [0.2, 0.25) is 0 Å². The second-order valence-corrected chi connectivity index (χ2v) is 10.1. The van der Waals surface area contributed by atoms with Crippen LogP contribution in [0.4, 0.5) is 0 Å². The van der Waals surface area contributed by atoms with Gasteiger partial charge in [0.1, 0.15) is 0 Å². The molecule has 0 bridgehead atoms. The lowest BCUT2D eigenvalue weighted by Gasteiger charge is -2.18. The normalized spacial score (nSPS) is 18.4. The maximum atomic E-state index is 12.8. The predicted octanol–water partition coefficient (Wildman–Crippen LogP) is 2.09. The Hall–Kier alpha value is -2.65. The van der Waals surface area contributed by atoms with Crippen molar-refractivity contribution in [2.45, 2.75) is 39.4 Å². The molecule has 0 aromatic carbocycles. The highest BCUT2D eigenvalue weighted by Crippen LogP contribution is 2.21. The number of carbonyl (C=O) groups excluding carboxylic acids is 2. The number of likely N-dealkylation sites (N-methyl/N-ethyl adjacent to an activating group) is 1. The van der Waals surface area contributed by atoms with E-state index in [2.05, 4.69) is 34.4 Å². The number of amides is 2. The molecule has 2 rings (SSSR count). The van der Waals surface area contributed by atoms with E-state index >= 15 is 0 Å². The monoisotopic (exact) mass is 462 g/mol. The van der Waals surface area contributed by atoms with Gasteiger partial charge in [-0.3, -0.25) is 9.59 Å². The second-order valence-electron chi connectivity index (χ2n) is 7.88. The number of hydrogen-bond acceptors (Lipinski definition) is 5. The number of aryl methyl sites for hydroxylation is 1. The fourth-order valence-corrected chi connectivity index (χ4v) is 4.41. The van der Waals surface area contributed by atoms with Crippen LogP contribution in [0.1, 0.15) is 47.6 Å². The number of hydrogen-bond donors (Lipinski definition) is 3. The van der Waals surface area contributed by atoms with Crippen molar-refractivity contribution < 1.29 is 18.0 Å². The summed E-state index contributed by atoms with van der Waals surface area (Å²) in [6.07, 6.45) is 9.23. The van der Waals surface area contributed by atoms with Crippen molar-refractivity contribution in [3.8, 4) is 0 Å². The zero-order valence-corrected chi connectivity index (χ0v) is 20.3. The van der Waals surface area contributed by atoms with Crippen molar-refractivity contribution in [3.05, 3.63) is 52.5 Å². The summed E-state index contributed by atoms with van der Waals surface area (Å²) >= 11 is 0. The number of nitrogens with zero attached hydrogens (tertiary/aromatic N) is 1. The fraction of sp³-hybridized carbons (Fsp3) is 0.478. The van der Waals surface area contributed by atoms with E-state index in [4.69, 9.17) is 0 Å². The van der Waals surface area contributed by atoms with Crippen molar-refractivity contribution in [1.82, 2.24) is 20.5 Å². The van der Waals surface area contributed by atoms with Gasteiger partial charge in [-0.05, 0) is 45.0 Å². The van der Waals surface area contributed by atoms with Crippen molar-refractivity contribution >= 4 is 27.7 Å². The molecule has 0 spiro atoms. The number of nitrogens with one attached hydrogen (secondary N) is 3. The second kappa shape index (κ2) is 11.3. The van der Waals surface area contributed by atoms with Gasteiger partial charge >= 0.3 is 0 Å². The Kier molecular flexibility index (Phi) is 9.03. The lowest BCUT2D eigenvalue weighted by Crippen LogP contribution is -2.35. The molecule has 0 saturated heterocycles. The summed E-state index contributed by atoms with van der Waals surface area (Å²) in [5.41, 5.74) is 2.91. The third-order valence-electron chi connectivity index (χ3n) is 5.61. The van der Waals surface area contributed by atoms with Gasteiger partial charge in [0, 0.05) is 42.5 Å². The highest BCUT2D eigenvalue weighted by Gasteiger charge is 2.20. The Labute approximate surface area is 190 Å². The van der Waals surface area contributed by atoms with Gasteiger partial charge in [-0.1, -0.05) is 32.1 Å². The van der Waals surface area contributed by atoms with E-state index in [1.807, 2.05) is 13.8 Å². The molecule has 0 fully saturated rings. The predicted molar refractivity (Wildman–Crippen MR) is 128 cm³/mol. The number of aromatic amines is 1. The van der Waals surface area contributed by atoms with E-state index in [0.717, 1.165) is 25.2 Å². The molecule has 1 unspecified atom stereocenters. The quantitative estimate of drug-likeness (QED) is 0.512. The van der Waals surface area contributed by atoms with Crippen LogP contribution in [-0.2, 0) is 14.6 Å². The summed E-state index contributed by atoms with van der Waals surface area (Å²) in [5.74, 6) is -0.522. The summed E-state index contributed by atoms with van der Waals surface area (Å²) < 4.78 is 24.0. The molecule has 176 valence electrons. The van der Waals surface area contributed by atoms with Crippen LogP contribution in [0.2, 0.25) is 0 Å². The zero-order chi connectivity index (χ0) is 23.9. The number of sulfone groups is 1. The summed E-state index contributed by atoms with van der Waals surface area (Å²) in [6.45, 7) is 11.0. The van der Waals surface area contributed by atoms with Gasteiger partial charge in [0.05, 0.1) is 10.8 Å². The SMILES string of the molecule is CCN(CC)CCNC(=O)c1c(C)[nH]c(C=C2C=CC(S(C)(=O)=O)CC=CNC2=O)c1C. The van der Waals surface area contributed by atoms with Crippen LogP contribution in [0.5, 0.6) is 0 Å². The van der Waals surface area contributed by atoms with Crippen LogP contribution in [0.3, 0.4) is 0 Å². The van der Waals surface area contributed by atoms with Crippen LogP contribution >= 0.6 is 0 Å². The number of rotatable bonds is 8. The van der Waals surface area contributed by atoms with Crippen molar-refractivity contribution in [2.75, 3.05) is 32.4 Å². The molecule has 1 aromatic rings. The highest BCUT2D eigenvalue weighted by molar-refractivity contribution is 7.91. The highest BCUT2D eigenvalue weighted by atomic mass is 32.2. The summed E-state index contributed by atoms with van der Waals surface area (Å²) in [6, 6.07) is 0. The van der Waals surface area contributed by atoms with E-state index in [-0.39, 0.29) is 18.2 Å². The third kappa shape index (κ3) is 6.67. The molecule has 1 aliphatic rings. The minimum absolute atomic E-state index is 0.164. The van der Waals surface area contributed by atoms with Crippen molar-refractivity contribution in [3.63, 3.8) is 0 Å². The maximum Gasteiger partial charge on any atom is 0.255 e. The average molecular weight is 463 g/mol. The molecule has 3 N–H and O–H groups in total. The first-order valence-electron chi connectivity index (χ1n) is 10.8. The Balaban J connectivity index is 2.29. The smallest absolute Gasteiger partial charge is 0.255 e. The van der Waals surface area contributed by atoms with Gasteiger partial charge in [-0.2, -0.15) is 0 Å². The summed E-state index contributed by atoms with van der Waals surface area (Å²) in [4.78, 5) is 30.7. The molecule has 9 heteroatoms. The average Bonchev–Trinajstić information content (AvgIpc) is 3.05. The molecule has 2 heterocycles. The molecular weight excluding hydrogens is 428 g/mol. The summed E-state index contributed by atoms with van der Waals surface area (Å²) in [5, 5.41) is 4.90. The third-order valence-corrected chi connectivity index (χ3v) is 7.06. The minimum Gasteiger partial charge on any atom is -0.358 e. The van der Waals surface area contributed by atoms with Gasteiger partial charge in [0.15, 0.2) is 9.84 Å². The van der Waals surface area contributed by atoms with Gasteiger partial charge < -0.3 is 20.5 Å². The first kappa shape index (κ1) is 25.6. The molecule has 8 nitrogen and oxygen atoms in total. The Morgan fingerprint density at radius 1 is 1.28 bits per heavy atom. The lowest BCUT2D eigenvalue weighted by atomic mass is 10.1. The maximum absolute atomic E-state index is 12.8. The van der Waals surface area contributed by atoms with E-state index in [0.29, 0.717) is 29.1 Å². The van der Waals surface area contributed by atoms with E-state index in [1.165, 1.54) is 24.6 Å². The molecule has 0 radical (unpaired) electrons. The van der Waals surface area contributed by atoms with Crippen molar-refractivity contribution in [1.29, 1.82) is 0 Å². The van der Waals surface area contributed by atoms with Crippen LogP contribution < -0.4 is 10.6 Å². The first-order valence-corrected chi connectivity index (χ1v) is 12.8. The number of aromatic nitrogens is 1. The molecule has 1 aliphatic heterocycles. The fourth-order valence-electron chi connectivity index (χ4n) is 3.59. The van der Waals surface area contributed by atoms with Crippen LogP contribution in [0, 0.1) is 13.8 Å². The molecule has 2 amide bonds. The molecule has 32 heavy (non-hydrogen) atoms. The number of H-pyrrole nitrogens is 1. The van der Waals surface area contributed by atoms with Gasteiger partial charge in [-0.25, -0.2) is 8.42 Å². The molecule has 0 saturated carbocycles. The minimum atomic E-state index is -3.31. The Morgan fingerprint density at radius 2 is 1.97 bits per heavy atom. The Bertz CT molecular complexity index is 1030. The Morgan fingerprint density at radius 3 is 2.59 bits per heavy atom. The van der Waals surface area contributed by atoms with Crippen molar-refractivity contribution in [2.24, 2.45) is 0 Å². The lowest BCUT2D eigenvalue weighted by molar-refractivity contribution is -0.116. The number of allylic oxidation sites excluding steroid dienone is 1. The first-order chi connectivity index (χ1) is 15.1. The topological polar surface area (TPSA) is 111 Å². The summed E-state index contributed by atoms with van der Waals surface area (Å²) in [7, 11) is -3.31.